The number of hydrazone groups is 1. The smallest absolute Gasteiger partial charge is 0.238 e. The number of rotatable bonds is 3. The maximum Gasteiger partial charge on any atom is 0.238 e. The molecule has 0 aliphatic heterocycles. The third-order valence-electron chi connectivity index (χ3n) is 2.17. The van der Waals surface area contributed by atoms with Crippen molar-refractivity contribution in [3.63, 3.8) is 0 Å². The van der Waals surface area contributed by atoms with Crippen LogP contribution in [0.25, 0.3) is 0 Å². The number of nitrogens with one attached hydrogen (secondary N) is 1. The summed E-state index contributed by atoms with van der Waals surface area (Å²) in [6.45, 7) is 0.142. The molecule has 3 N–H and O–H groups in total. The van der Waals surface area contributed by atoms with Crippen molar-refractivity contribution in [2.24, 2.45) is 10.8 Å². The first-order chi connectivity index (χ1) is 6.29. The number of carbonyl (C=O) groups excluding carboxylic acids is 1. The van der Waals surface area contributed by atoms with E-state index in [0.717, 1.165) is 12.8 Å². The lowest BCUT2D eigenvalue weighted by Gasteiger charge is -2.01. The van der Waals surface area contributed by atoms with Crippen molar-refractivity contribution in [2.75, 3.05) is 6.54 Å². The molecule has 0 atom stereocenters. The van der Waals surface area contributed by atoms with Crippen LogP contribution in [0, 0.1) is 0 Å². The minimum Gasteiger partial charge on any atom is -0.368 e. The topological polar surface area (TPSA) is 67.5 Å². The Morgan fingerprint density at radius 1 is 1.31 bits per heavy atom. The predicted molar refractivity (Wildman–Crippen MR) is 52.3 cm³/mol. The van der Waals surface area contributed by atoms with Crippen LogP contribution < -0.4 is 11.2 Å². The van der Waals surface area contributed by atoms with Crippen LogP contribution in [-0.2, 0) is 4.79 Å². The Morgan fingerprint density at radius 3 is 2.46 bits per heavy atom. The summed E-state index contributed by atoms with van der Waals surface area (Å²) >= 11 is 0. The number of nitrogens with zero attached hydrogens (tertiary/aromatic N) is 1. The van der Waals surface area contributed by atoms with E-state index in [2.05, 4.69) is 10.5 Å². The fourth-order valence-electron chi connectivity index (χ4n) is 1.48. The zero-order chi connectivity index (χ0) is 9.52. The van der Waals surface area contributed by atoms with Crippen LogP contribution in [0.2, 0.25) is 0 Å². The van der Waals surface area contributed by atoms with Crippen molar-refractivity contribution in [1.29, 1.82) is 0 Å². The zero-order valence-corrected chi connectivity index (χ0v) is 7.88. The molecule has 0 unspecified atom stereocenters. The molecule has 1 amide bonds. The highest BCUT2D eigenvalue weighted by Gasteiger charge is 2.05. The van der Waals surface area contributed by atoms with Crippen molar-refractivity contribution in [1.82, 2.24) is 5.43 Å². The molecule has 0 aromatic heterocycles. The molecule has 0 aromatic rings. The average Bonchev–Trinajstić information content (AvgIpc) is 2.32. The molecular weight excluding hydrogens is 166 g/mol. The summed E-state index contributed by atoms with van der Waals surface area (Å²) in [5.74, 6) is -0.363. The van der Waals surface area contributed by atoms with Crippen LogP contribution in [-0.4, -0.2) is 18.2 Å². The van der Waals surface area contributed by atoms with Crippen molar-refractivity contribution >= 4 is 11.6 Å². The molecule has 4 nitrogen and oxygen atoms in total. The highest BCUT2D eigenvalue weighted by Crippen LogP contribution is 2.14. The number of carbonyl (C=O) groups is 1. The molecule has 0 radical (unpaired) electrons. The fourth-order valence-corrected chi connectivity index (χ4v) is 1.48. The van der Waals surface area contributed by atoms with Crippen molar-refractivity contribution in [2.45, 2.75) is 38.5 Å². The van der Waals surface area contributed by atoms with Gasteiger partial charge in [-0.05, 0) is 25.7 Å². The fraction of sp³-hybridized carbons (Fsp3) is 0.778. The van der Waals surface area contributed by atoms with Crippen LogP contribution in [0.4, 0.5) is 0 Å². The van der Waals surface area contributed by atoms with Crippen LogP contribution in [0.3, 0.4) is 0 Å². The van der Waals surface area contributed by atoms with Gasteiger partial charge >= 0.3 is 0 Å². The Morgan fingerprint density at radius 2 is 1.92 bits per heavy atom. The van der Waals surface area contributed by atoms with E-state index in [1.54, 1.807) is 0 Å². The van der Waals surface area contributed by atoms with Gasteiger partial charge in [0, 0.05) is 5.71 Å². The molecule has 0 spiro atoms. The van der Waals surface area contributed by atoms with Gasteiger partial charge in [-0.2, -0.15) is 5.10 Å². The van der Waals surface area contributed by atoms with E-state index in [0.29, 0.717) is 0 Å². The summed E-state index contributed by atoms with van der Waals surface area (Å²) < 4.78 is 0. The van der Waals surface area contributed by atoms with E-state index in [-0.39, 0.29) is 12.5 Å². The molecule has 0 saturated heterocycles. The molecule has 4 heteroatoms. The molecule has 1 rings (SSSR count). The maximum atomic E-state index is 10.4. The lowest BCUT2D eigenvalue weighted by molar-refractivity contribution is -0.117. The van der Waals surface area contributed by atoms with Gasteiger partial charge in [-0.25, -0.2) is 0 Å². The van der Waals surface area contributed by atoms with Gasteiger partial charge in [-0.1, -0.05) is 12.8 Å². The van der Waals surface area contributed by atoms with Gasteiger partial charge in [0.2, 0.25) is 5.91 Å². The summed E-state index contributed by atoms with van der Waals surface area (Å²) in [6, 6.07) is 0. The third-order valence-corrected chi connectivity index (χ3v) is 2.17. The number of primary amides is 1. The molecule has 1 fully saturated rings. The molecule has 0 aromatic carbocycles. The molecule has 0 heterocycles. The van der Waals surface area contributed by atoms with Crippen molar-refractivity contribution < 1.29 is 4.79 Å². The van der Waals surface area contributed by atoms with Gasteiger partial charge in [0.25, 0.3) is 0 Å². The Bertz CT molecular complexity index is 191. The normalized spacial score (nSPS) is 17.7. The van der Waals surface area contributed by atoms with E-state index in [1.165, 1.54) is 31.4 Å². The minimum atomic E-state index is -0.363. The van der Waals surface area contributed by atoms with Crippen LogP contribution in [0.5, 0.6) is 0 Å². The van der Waals surface area contributed by atoms with E-state index < -0.39 is 0 Å². The second kappa shape index (κ2) is 5.56. The van der Waals surface area contributed by atoms with Gasteiger partial charge in [-0.15, -0.1) is 0 Å². The Kier molecular flexibility index (Phi) is 4.29. The van der Waals surface area contributed by atoms with Gasteiger partial charge in [-0.3, -0.25) is 4.79 Å². The second-order valence-electron chi connectivity index (χ2n) is 3.39. The molecule has 1 aliphatic carbocycles. The first-order valence-electron chi connectivity index (χ1n) is 4.85. The van der Waals surface area contributed by atoms with E-state index >= 15 is 0 Å². The number of amides is 1. The molecule has 1 aliphatic rings. The van der Waals surface area contributed by atoms with Gasteiger partial charge in [0.1, 0.15) is 6.54 Å². The summed E-state index contributed by atoms with van der Waals surface area (Å²) in [7, 11) is 0. The Balaban J connectivity index is 2.26. The van der Waals surface area contributed by atoms with Gasteiger partial charge < -0.3 is 11.2 Å². The van der Waals surface area contributed by atoms with Gasteiger partial charge in [0.15, 0.2) is 0 Å². The summed E-state index contributed by atoms with van der Waals surface area (Å²) in [5, 5.41) is 4.15. The van der Waals surface area contributed by atoms with Crippen LogP contribution in [0.1, 0.15) is 38.5 Å². The molecular formula is C9H17N3O. The quantitative estimate of drug-likeness (QED) is 0.501. The minimum absolute atomic E-state index is 0.142. The summed E-state index contributed by atoms with van der Waals surface area (Å²) in [6.07, 6.45) is 7.16. The monoisotopic (exact) mass is 183 g/mol. The molecule has 74 valence electrons. The number of hydrogen-bond donors (Lipinski definition) is 2. The molecule has 13 heavy (non-hydrogen) atoms. The summed E-state index contributed by atoms with van der Waals surface area (Å²) in [5.41, 5.74) is 8.84. The molecule has 0 bridgehead atoms. The standard InChI is InChI=1S/C9H17N3O/c10-9(13)7-11-12-8-5-3-1-2-4-6-8/h11H,1-7H2,(H2,10,13). The predicted octanol–water partition coefficient (Wildman–Crippen LogP) is 0.771. The van der Waals surface area contributed by atoms with E-state index in [1.807, 2.05) is 0 Å². The SMILES string of the molecule is NC(=O)CNN=C1CCCCCC1. The first-order valence-corrected chi connectivity index (χ1v) is 4.85. The number of nitrogens with two attached hydrogens (primary N) is 1. The highest BCUT2D eigenvalue weighted by atomic mass is 16.1. The average molecular weight is 183 g/mol. The first kappa shape index (κ1) is 10.0. The summed E-state index contributed by atoms with van der Waals surface area (Å²) in [4.78, 5) is 10.4. The second-order valence-corrected chi connectivity index (χ2v) is 3.39. The highest BCUT2D eigenvalue weighted by molar-refractivity contribution is 5.84. The van der Waals surface area contributed by atoms with Crippen LogP contribution >= 0.6 is 0 Å². The lowest BCUT2D eigenvalue weighted by Crippen LogP contribution is -2.25. The Labute approximate surface area is 78.6 Å². The Hall–Kier alpha value is -1.06. The third kappa shape index (κ3) is 4.50. The van der Waals surface area contributed by atoms with Gasteiger partial charge in [0.05, 0.1) is 0 Å². The maximum absolute atomic E-state index is 10.4. The largest absolute Gasteiger partial charge is 0.368 e. The number of hydrogen-bond acceptors (Lipinski definition) is 3. The van der Waals surface area contributed by atoms with Crippen LogP contribution in [0.15, 0.2) is 5.10 Å². The lowest BCUT2D eigenvalue weighted by atomic mass is 10.2. The molecule has 1 saturated carbocycles. The van der Waals surface area contributed by atoms with E-state index in [9.17, 15) is 4.79 Å². The van der Waals surface area contributed by atoms with Crippen molar-refractivity contribution in [3.8, 4) is 0 Å². The zero-order valence-electron chi connectivity index (χ0n) is 7.88. The van der Waals surface area contributed by atoms with E-state index in [4.69, 9.17) is 5.73 Å². The van der Waals surface area contributed by atoms with Crippen molar-refractivity contribution in [3.05, 3.63) is 0 Å².